The smallest absolute Gasteiger partial charge is 0.254 e. The van der Waals surface area contributed by atoms with Crippen LogP contribution in [-0.4, -0.2) is 41.7 Å². The fraction of sp³-hybridized carbons (Fsp3) is 0.438. The Hall–Kier alpha value is -2.57. The summed E-state index contributed by atoms with van der Waals surface area (Å²) in [6.07, 6.45) is 1.72. The van der Waals surface area contributed by atoms with Gasteiger partial charge in [-0.2, -0.15) is 4.98 Å². The number of hydrogen-bond acceptors (Lipinski definition) is 6. The van der Waals surface area contributed by atoms with Crippen molar-refractivity contribution in [1.82, 2.24) is 15.0 Å². The molecule has 3 rings (SSSR count). The SMILES string of the molecule is COc1cc(OC)cc(C(=O)N2CCCC2c2nc(C)no2)c1. The number of nitrogens with zero attached hydrogens (tertiary/aromatic N) is 3. The van der Waals surface area contributed by atoms with Crippen LogP contribution < -0.4 is 9.47 Å². The standard InChI is InChI=1S/C16H19N3O4/c1-10-17-15(23-18-10)14-5-4-6-19(14)16(20)11-7-12(21-2)9-13(8-11)22-3/h7-9,14H,4-6H2,1-3H3. The lowest BCUT2D eigenvalue weighted by Gasteiger charge is -2.22. The third-order valence-electron chi connectivity index (χ3n) is 3.94. The zero-order valence-corrected chi connectivity index (χ0v) is 13.4. The first-order valence-corrected chi connectivity index (χ1v) is 7.46. The van der Waals surface area contributed by atoms with E-state index in [0.717, 1.165) is 12.8 Å². The van der Waals surface area contributed by atoms with Gasteiger partial charge in [-0.1, -0.05) is 5.16 Å². The summed E-state index contributed by atoms with van der Waals surface area (Å²) in [7, 11) is 3.12. The van der Waals surface area contributed by atoms with Gasteiger partial charge in [0.1, 0.15) is 17.5 Å². The third-order valence-corrected chi connectivity index (χ3v) is 3.94. The quantitative estimate of drug-likeness (QED) is 0.861. The lowest BCUT2D eigenvalue weighted by molar-refractivity contribution is 0.0709. The van der Waals surface area contributed by atoms with Gasteiger partial charge in [0.15, 0.2) is 5.82 Å². The zero-order chi connectivity index (χ0) is 16.4. The molecule has 1 atom stereocenters. The Balaban J connectivity index is 1.90. The Morgan fingerprint density at radius 2 is 1.96 bits per heavy atom. The number of hydrogen-bond donors (Lipinski definition) is 0. The van der Waals surface area contributed by atoms with Gasteiger partial charge < -0.3 is 18.9 Å². The van der Waals surface area contributed by atoms with Crippen molar-refractivity contribution in [3.63, 3.8) is 0 Å². The summed E-state index contributed by atoms with van der Waals surface area (Å²) in [6.45, 7) is 2.42. The number of aryl methyl sites for hydroxylation is 1. The first kappa shape index (κ1) is 15.3. The van der Waals surface area contributed by atoms with Gasteiger partial charge >= 0.3 is 0 Å². The number of ether oxygens (including phenoxy) is 2. The van der Waals surface area contributed by atoms with Gasteiger partial charge in [-0.25, -0.2) is 0 Å². The van der Waals surface area contributed by atoms with Crippen LogP contribution >= 0.6 is 0 Å². The average molecular weight is 317 g/mol. The van der Waals surface area contributed by atoms with Crippen molar-refractivity contribution in [3.05, 3.63) is 35.5 Å². The molecule has 0 bridgehead atoms. The van der Waals surface area contributed by atoms with E-state index in [9.17, 15) is 4.79 Å². The summed E-state index contributed by atoms with van der Waals surface area (Å²) in [4.78, 5) is 18.9. The molecule has 0 aliphatic carbocycles. The second-order valence-electron chi connectivity index (χ2n) is 5.44. The molecule has 1 aliphatic rings. The van der Waals surface area contributed by atoms with Crippen molar-refractivity contribution in [2.75, 3.05) is 20.8 Å². The largest absolute Gasteiger partial charge is 0.497 e. The van der Waals surface area contributed by atoms with Crippen LogP contribution in [0.3, 0.4) is 0 Å². The highest BCUT2D eigenvalue weighted by molar-refractivity contribution is 5.95. The van der Waals surface area contributed by atoms with E-state index in [-0.39, 0.29) is 11.9 Å². The molecule has 2 heterocycles. The van der Waals surface area contributed by atoms with Gasteiger partial charge in [0.25, 0.3) is 5.91 Å². The molecule has 0 N–H and O–H groups in total. The molecule has 0 radical (unpaired) electrons. The Bertz CT molecular complexity index is 691. The third kappa shape index (κ3) is 2.99. The highest BCUT2D eigenvalue weighted by Gasteiger charge is 2.34. The van der Waals surface area contributed by atoms with Crippen LogP contribution in [0.5, 0.6) is 11.5 Å². The minimum absolute atomic E-state index is 0.0967. The van der Waals surface area contributed by atoms with Gasteiger partial charge in [0.2, 0.25) is 5.89 Å². The molecule has 1 amide bonds. The van der Waals surface area contributed by atoms with E-state index >= 15 is 0 Å². The van der Waals surface area contributed by atoms with Crippen molar-refractivity contribution in [2.45, 2.75) is 25.8 Å². The maximum Gasteiger partial charge on any atom is 0.254 e. The number of methoxy groups -OCH3 is 2. The summed E-state index contributed by atoms with van der Waals surface area (Å²) in [5.41, 5.74) is 0.518. The molecule has 1 aliphatic heterocycles. The molecule has 2 aromatic rings. The molecule has 0 saturated carbocycles. The van der Waals surface area contributed by atoms with Crippen molar-refractivity contribution in [1.29, 1.82) is 0 Å². The van der Waals surface area contributed by atoms with E-state index in [2.05, 4.69) is 10.1 Å². The van der Waals surface area contributed by atoms with Crippen LogP contribution in [0, 0.1) is 6.92 Å². The van der Waals surface area contributed by atoms with Crippen molar-refractivity contribution < 1.29 is 18.8 Å². The molecule has 7 heteroatoms. The van der Waals surface area contributed by atoms with Crippen LogP contribution in [0.25, 0.3) is 0 Å². The molecule has 1 saturated heterocycles. The molecule has 1 fully saturated rings. The van der Waals surface area contributed by atoms with E-state index in [1.54, 1.807) is 44.2 Å². The highest BCUT2D eigenvalue weighted by Crippen LogP contribution is 2.33. The van der Waals surface area contributed by atoms with E-state index < -0.39 is 0 Å². The molecular weight excluding hydrogens is 298 g/mol. The minimum atomic E-state index is -0.180. The first-order chi connectivity index (χ1) is 11.1. The second kappa shape index (κ2) is 6.28. The molecule has 122 valence electrons. The Morgan fingerprint density at radius 1 is 1.26 bits per heavy atom. The van der Waals surface area contributed by atoms with Crippen molar-refractivity contribution in [2.24, 2.45) is 0 Å². The maximum absolute atomic E-state index is 12.9. The van der Waals surface area contributed by atoms with Gasteiger partial charge in [0, 0.05) is 18.2 Å². The molecule has 23 heavy (non-hydrogen) atoms. The van der Waals surface area contributed by atoms with Gasteiger partial charge in [0.05, 0.1) is 14.2 Å². The Morgan fingerprint density at radius 3 is 2.52 bits per heavy atom. The molecule has 0 spiro atoms. The van der Waals surface area contributed by atoms with E-state index in [4.69, 9.17) is 14.0 Å². The fourth-order valence-electron chi connectivity index (χ4n) is 2.81. The Labute approximate surface area is 134 Å². The van der Waals surface area contributed by atoms with Crippen LogP contribution in [0.2, 0.25) is 0 Å². The number of carbonyl (C=O) groups is 1. The van der Waals surface area contributed by atoms with Crippen LogP contribution in [0.15, 0.2) is 22.7 Å². The molecule has 1 unspecified atom stereocenters. The molecule has 1 aromatic heterocycles. The first-order valence-electron chi connectivity index (χ1n) is 7.46. The van der Waals surface area contributed by atoms with Gasteiger partial charge in [-0.3, -0.25) is 4.79 Å². The Kier molecular flexibility index (Phi) is 4.18. The van der Waals surface area contributed by atoms with E-state index in [1.165, 1.54) is 0 Å². The fourth-order valence-corrected chi connectivity index (χ4v) is 2.81. The van der Waals surface area contributed by atoms with Crippen LogP contribution in [0.4, 0.5) is 0 Å². The lowest BCUT2D eigenvalue weighted by Crippen LogP contribution is -2.30. The van der Waals surface area contributed by atoms with Crippen molar-refractivity contribution >= 4 is 5.91 Å². The predicted molar refractivity (Wildman–Crippen MR) is 81.6 cm³/mol. The summed E-state index contributed by atoms with van der Waals surface area (Å²) in [5.74, 6) is 2.13. The van der Waals surface area contributed by atoms with Crippen LogP contribution in [-0.2, 0) is 0 Å². The molecular formula is C16H19N3O4. The summed E-state index contributed by atoms with van der Waals surface area (Å²) in [5, 5.41) is 3.82. The second-order valence-corrected chi connectivity index (χ2v) is 5.44. The number of rotatable bonds is 4. The highest BCUT2D eigenvalue weighted by atomic mass is 16.5. The summed E-state index contributed by atoms with van der Waals surface area (Å²) >= 11 is 0. The average Bonchev–Trinajstić information content (AvgIpc) is 3.22. The normalized spacial score (nSPS) is 17.3. The lowest BCUT2D eigenvalue weighted by atomic mass is 10.1. The number of benzene rings is 1. The monoisotopic (exact) mass is 317 g/mol. The van der Waals surface area contributed by atoms with Gasteiger partial charge in [-0.05, 0) is 31.9 Å². The number of carbonyl (C=O) groups excluding carboxylic acids is 1. The minimum Gasteiger partial charge on any atom is -0.497 e. The zero-order valence-electron chi connectivity index (χ0n) is 13.4. The maximum atomic E-state index is 12.9. The topological polar surface area (TPSA) is 77.7 Å². The molecule has 1 aromatic carbocycles. The number of aromatic nitrogens is 2. The van der Waals surface area contributed by atoms with Crippen LogP contribution in [0.1, 0.15) is 41.0 Å². The predicted octanol–water partition coefficient (Wildman–Crippen LogP) is 2.37. The number of amides is 1. The van der Waals surface area contributed by atoms with E-state index in [1.807, 2.05) is 0 Å². The van der Waals surface area contributed by atoms with Gasteiger partial charge in [-0.15, -0.1) is 0 Å². The van der Waals surface area contributed by atoms with E-state index in [0.29, 0.717) is 35.3 Å². The summed E-state index contributed by atoms with van der Waals surface area (Å²) in [6, 6.07) is 4.97. The summed E-state index contributed by atoms with van der Waals surface area (Å²) < 4.78 is 15.7. The van der Waals surface area contributed by atoms with Crippen molar-refractivity contribution in [3.8, 4) is 11.5 Å². The molecule has 7 nitrogen and oxygen atoms in total. The number of likely N-dealkylation sites (tertiary alicyclic amines) is 1.